The first-order valence-corrected chi connectivity index (χ1v) is 9.88. The van der Waals surface area contributed by atoms with Gasteiger partial charge >= 0.3 is 0 Å². The molecule has 1 aliphatic heterocycles. The highest BCUT2D eigenvalue weighted by Gasteiger charge is 2.44. The highest BCUT2D eigenvalue weighted by Crippen LogP contribution is 2.51. The number of hydrogen-bond acceptors (Lipinski definition) is 1. The largest absolute Gasteiger partial charge is 0.325 e. The Morgan fingerprint density at radius 2 is 1.72 bits per heavy atom. The Morgan fingerprint density at radius 3 is 2.52 bits per heavy atom. The summed E-state index contributed by atoms with van der Waals surface area (Å²) < 4.78 is 0. The minimum atomic E-state index is 0.0795. The number of carbonyl (C=O) groups excluding carboxylic acids is 1. The Morgan fingerprint density at radius 1 is 0.920 bits per heavy atom. The number of hydrogen-bond donors (Lipinski definition) is 1. The van der Waals surface area contributed by atoms with E-state index in [-0.39, 0.29) is 11.8 Å². The molecule has 1 unspecified atom stereocenters. The average Bonchev–Trinajstić information content (AvgIpc) is 3.17. The monoisotopic (exact) mass is 331 g/mol. The molecule has 1 aromatic rings. The lowest BCUT2D eigenvalue weighted by molar-refractivity contribution is -0.123. The molecule has 1 amide bonds. The van der Waals surface area contributed by atoms with Gasteiger partial charge in [0.05, 0.1) is 5.92 Å². The number of benzene rings is 1. The van der Waals surface area contributed by atoms with Crippen LogP contribution in [0.25, 0.3) is 5.57 Å². The number of fused-ring (bicyclic) bond motifs is 2. The molecule has 5 rings (SSSR count). The number of carbonyl (C=O) groups is 1. The van der Waals surface area contributed by atoms with Crippen LogP contribution >= 0.6 is 0 Å². The highest BCUT2D eigenvalue weighted by molar-refractivity contribution is 5.95. The van der Waals surface area contributed by atoms with Crippen molar-refractivity contribution in [1.29, 1.82) is 0 Å². The van der Waals surface area contributed by atoms with Gasteiger partial charge in [0.15, 0.2) is 0 Å². The van der Waals surface area contributed by atoms with E-state index in [0.29, 0.717) is 5.92 Å². The number of amides is 1. The zero-order chi connectivity index (χ0) is 16.8. The van der Waals surface area contributed by atoms with Crippen LogP contribution < -0.4 is 5.32 Å². The minimum absolute atomic E-state index is 0.0795. The SMILES string of the molecule is O=C1NC2=C(C3=C(c4ccccc4)CCCC3=C2)C1C1CCCCC1. The molecule has 0 bridgehead atoms. The van der Waals surface area contributed by atoms with E-state index in [0.717, 1.165) is 18.5 Å². The van der Waals surface area contributed by atoms with E-state index in [2.05, 4.69) is 41.7 Å². The van der Waals surface area contributed by atoms with Gasteiger partial charge in [-0.1, -0.05) is 49.6 Å². The van der Waals surface area contributed by atoms with E-state index < -0.39 is 0 Å². The van der Waals surface area contributed by atoms with Crippen molar-refractivity contribution in [2.24, 2.45) is 11.8 Å². The van der Waals surface area contributed by atoms with E-state index in [1.807, 2.05) is 0 Å². The van der Waals surface area contributed by atoms with Crippen molar-refractivity contribution in [2.45, 2.75) is 51.4 Å². The number of allylic oxidation sites excluding steroid dienone is 4. The van der Waals surface area contributed by atoms with Gasteiger partial charge in [0.1, 0.15) is 0 Å². The van der Waals surface area contributed by atoms with E-state index in [1.54, 1.807) is 0 Å². The fourth-order valence-electron chi connectivity index (χ4n) is 5.38. The molecule has 1 N–H and O–H groups in total. The molecule has 1 fully saturated rings. The highest BCUT2D eigenvalue weighted by atomic mass is 16.2. The van der Waals surface area contributed by atoms with Crippen LogP contribution in [0, 0.1) is 11.8 Å². The minimum Gasteiger partial charge on any atom is -0.325 e. The first kappa shape index (κ1) is 15.2. The summed E-state index contributed by atoms with van der Waals surface area (Å²) in [5.41, 5.74) is 8.11. The zero-order valence-corrected chi connectivity index (χ0v) is 14.7. The van der Waals surface area contributed by atoms with Gasteiger partial charge in [-0.2, -0.15) is 0 Å². The molecule has 25 heavy (non-hydrogen) atoms. The maximum atomic E-state index is 12.8. The maximum Gasteiger partial charge on any atom is 0.232 e. The number of rotatable bonds is 2. The summed E-state index contributed by atoms with van der Waals surface area (Å²) in [7, 11) is 0. The normalized spacial score (nSPS) is 26.5. The molecular weight excluding hydrogens is 306 g/mol. The van der Waals surface area contributed by atoms with Crippen molar-refractivity contribution in [3.05, 3.63) is 64.4 Å². The fraction of sp³-hybridized carbons (Fsp3) is 0.435. The first-order valence-electron chi connectivity index (χ1n) is 9.88. The second-order valence-electron chi connectivity index (χ2n) is 7.94. The zero-order valence-electron chi connectivity index (χ0n) is 14.7. The first-order chi connectivity index (χ1) is 12.3. The molecule has 128 valence electrons. The van der Waals surface area contributed by atoms with Crippen molar-refractivity contribution in [1.82, 2.24) is 5.32 Å². The van der Waals surface area contributed by atoms with Gasteiger partial charge in [-0.3, -0.25) is 4.79 Å². The van der Waals surface area contributed by atoms with Gasteiger partial charge in [0, 0.05) is 5.70 Å². The molecule has 3 aliphatic carbocycles. The summed E-state index contributed by atoms with van der Waals surface area (Å²) in [6, 6.07) is 10.8. The third kappa shape index (κ3) is 2.42. The lowest BCUT2D eigenvalue weighted by Crippen LogP contribution is -2.30. The lowest BCUT2D eigenvalue weighted by Gasteiger charge is -2.30. The second kappa shape index (κ2) is 6.01. The molecule has 0 aromatic heterocycles. The van der Waals surface area contributed by atoms with E-state index >= 15 is 0 Å². The van der Waals surface area contributed by atoms with E-state index in [4.69, 9.17) is 0 Å². The fourth-order valence-corrected chi connectivity index (χ4v) is 5.38. The van der Waals surface area contributed by atoms with Gasteiger partial charge in [-0.15, -0.1) is 0 Å². The van der Waals surface area contributed by atoms with Crippen LogP contribution in [0.1, 0.15) is 56.9 Å². The van der Waals surface area contributed by atoms with Crippen LogP contribution in [-0.2, 0) is 4.79 Å². The Bertz CT molecular complexity index is 806. The molecule has 0 spiro atoms. The van der Waals surface area contributed by atoms with Crippen molar-refractivity contribution in [3.63, 3.8) is 0 Å². The molecule has 4 aliphatic rings. The lowest BCUT2D eigenvalue weighted by atomic mass is 9.72. The van der Waals surface area contributed by atoms with Crippen molar-refractivity contribution >= 4 is 11.5 Å². The Hall–Kier alpha value is -2.09. The van der Waals surface area contributed by atoms with Crippen LogP contribution in [-0.4, -0.2) is 5.91 Å². The molecule has 2 heteroatoms. The predicted molar refractivity (Wildman–Crippen MR) is 101 cm³/mol. The third-order valence-electron chi connectivity index (χ3n) is 6.47. The van der Waals surface area contributed by atoms with Crippen molar-refractivity contribution < 1.29 is 4.79 Å². The molecule has 1 heterocycles. The second-order valence-corrected chi connectivity index (χ2v) is 7.94. The van der Waals surface area contributed by atoms with Crippen LogP contribution in [0.5, 0.6) is 0 Å². The van der Waals surface area contributed by atoms with Crippen molar-refractivity contribution in [2.75, 3.05) is 0 Å². The molecule has 1 saturated carbocycles. The summed E-state index contributed by atoms with van der Waals surface area (Å²) in [6.07, 6.45) is 12.1. The molecule has 0 radical (unpaired) electrons. The molecule has 1 atom stereocenters. The summed E-state index contributed by atoms with van der Waals surface area (Å²) in [5.74, 6) is 0.856. The average molecular weight is 331 g/mol. The van der Waals surface area contributed by atoms with Gasteiger partial charge in [-0.05, 0) is 72.0 Å². The maximum absolute atomic E-state index is 12.8. The molecule has 2 nitrogen and oxygen atoms in total. The number of nitrogens with one attached hydrogen (secondary N) is 1. The van der Waals surface area contributed by atoms with E-state index in [9.17, 15) is 4.79 Å². The topological polar surface area (TPSA) is 29.1 Å². The summed E-state index contributed by atoms with van der Waals surface area (Å²) in [6.45, 7) is 0. The molecule has 1 aromatic carbocycles. The van der Waals surface area contributed by atoms with Gasteiger partial charge in [-0.25, -0.2) is 0 Å². The van der Waals surface area contributed by atoms with Crippen LogP contribution in [0.2, 0.25) is 0 Å². The smallest absolute Gasteiger partial charge is 0.232 e. The van der Waals surface area contributed by atoms with Gasteiger partial charge < -0.3 is 5.32 Å². The summed E-state index contributed by atoms with van der Waals surface area (Å²) in [4.78, 5) is 12.8. The van der Waals surface area contributed by atoms with Crippen LogP contribution in [0.15, 0.2) is 58.8 Å². The summed E-state index contributed by atoms with van der Waals surface area (Å²) in [5, 5.41) is 3.22. The third-order valence-corrected chi connectivity index (χ3v) is 6.47. The van der Waals surface area contributed by atoms with Crippen molar-refractivity contribution in [3.8, 4) is 0 Å². The van der Waals surface area contributed by atoms with Gasteiger partial charge in [0.25, 0.3) is 0 Å². The van der Waals surface area contributed by atoms with E-state index in [1.165, 1.54) is 66.4 Å². The Kier molecular flexibility index (Phi) is 3.65. The molecule has 0 saturated heterocycles. The standard InChI is InChI=1S/C23H25NO/c25-23-21(16-10-5-2-6-11-16)22-19(24-23)14-17-12-7-13-18(20(17)22)15-8-3-1-4-9-15/h1,3-4,8-9,14,16,21H,2,5-7,10-13H2,(H,24,25). The predicted octanol–water partition coefficient (Wildman–Crippen LogP) is 5.14. The Labute approximate surface area is 149 Å². The van der Waals surface area contributed by atoms with Crippen LogP contribution in [0.4, 0.5) is 0 Å². The molecular formula is C23H25NO. The Balaban J connectivity index is 1.62. The van der Waals surface area contributed by atoms with Crippen LogP contribution in [0.3, 0.4) is 0 Å². The summed E-state index contributed by atoms with van der Waals surface area (Å²) >= 11 is 0. The van der Waals surface area contributed by atoms with Gasteiger partial charge in [0.2, 0.25) is 5.91 Å². The quantitative estimate of drug-likeness (QED) is 0.798.